The van der Waals surface area contributed by atoms with Crippen molar-refractivity contribution in [1.29, 1.82) is 0 Å². The van der Waals surface area contributed by atoms with Gasteiger partial charge in [-0.25, -0.2) is 4.79 Å². The highest BCUT2D eigenvalue weighted by molar-refractivity contribution is 6.05. The van der Waals surface area contributed by atoms with Gasteiger partial charge in [0.15, 0.2) is 0 Å². The Labute approximate surface area is 146 Å². The number of carboxylic acid groups (broad SMARTS) is 2. The van der Waals surface area contributed by atoms with Gasteiger partial charge in [0.1, 0.15) is 6.04 Å². The summed E-state index contributed by atoms with van der Waals surface area (Å²) in [4.78, 5) is 48.6. The van der Waals surface area contributed by atoms with Gasteiger partial charge in [-0.3, -0.25) is 19.0 Å². The molecule has 7 heteroatoms. The zero-order valence-electron chi connectivity index (χ0n) is 13.6. The average Bonchev–Trinajstić information content (AvgIpc) is 2.71. The van der Waals surface area contributed by atoms with E-state index in [1.165, 1.54) is 12.1 Å². The first-order valence-corrected chi connectivity index (χ1v) is 7.92. The number of benzene rings is 2. The first-order valence-electron chi connectivity index (χ1n) is 7.92. The number of nitrogens with zero attached hydrogens (tertiary/aromatic N) is 1. The molecule has 1 aromatic heterocycles. The molecule has 0 bridgehead atoms. The molecule has 0 aliphatic rings. The Morgan fingerprint density at radius 1 is 0.808 bits per heavy atom. The second-order valence-electron chi connectivity index (χ2n) is 5.86. The largest absolute Gasteiger partial charge is 0.481 e. The molecule has 0 saturated heterocycles. The summed E-state index contributed by atoms with van der Waals surface area (Å²) in [5, 5.41) is 19.9. The van der Waals surface area contributed by atoms with E-state index in [-0.39, 0.29) is 17.2 Å². The van der Waals surface area contributed by atoms with Crippen LogP contribution in [0.5, 0.6) is 0 Å². The van der Waals surface area contributed by atoms with E-state index in [9.17, 15) is 24.3 Å². The molecule has 2 N–H and O–H groups in total. The minimum absolute atomic E-state index is 0.201. The van der Waals surface area contributed by atoms with E-state index in [0.717, 1.165) is 0 Å². The first kappa shape index (κ1) is 17.3. The van der Waals surface area contributed by atoms with Crippen LogP contribution in [0.25, 0.3) is 21.5 Å². The highest BCUT2D eigenvalue weighted by Crippen LogP contribution is 2.21. The molecular formula is C19H15NO6. The number of carboxylic acids is 2. The molecule has 3 rings (SSSR count). The van der Waals surface area contributed by atoms with Gasteiger partial charge in [-0.05, 0) is 29.3 Å². The zero-order chi connectivity index (χ0) is 18.8. The maximum atomic E-state index is 13.0. The van der Waals surface area contributed by atoms with Crippen molar-refractivity contribution >= 4 is 33.5 Å². The van der Waals surface area contributed by atoms with Gasteiger partial charge in [-0.1, -0.05) is 36.4 Å². The van der Waals surface area contributed by atoms with Gasteiger partial charge >= 0.3 is 11.9 Å². The summed E-state index contributed by atoms with van der Waals surface area (Å²) in [7, 11) is 0. The molecule has 0 radical (unpaired) electrons. The second-order valence-corrected chi connectivity index (χ2v) is 5.86. The van der Waals surface area contributed by atoms with Crippen molar-refractivity contribution in [2.45, 2.75) is 18.9 Å². The molecule has 0 fully saturated rings. The Bertz CT molecular complexity index is 1080. The van der Waals surface area contributed by atoms with Gasteiger partial charge in [-0.15, -0.1) is 0 Å². The third-order valence-electron chi connectivity index (χ3n) is 4.27. The normalized spacial score (nSPS) is 12.2. The summed E-state index contributed by atoms with van der Waals surface area (Å²) >= 11 is 0. The van der Waals surface area contributed by atoms with Gasteiger partial charge in [0.25, 0.3) is 11.1 Å². The Morgan fingerprint density at radius 3 is 1.62 bits per heavy atom. The molecule has 0 aliphatic heterocycles. The number of hydrogen-bond acceptors (Lipinski definition) is 4. The summed E-state index contributed by atoms with van der Waals surface area (Å²) < 4.78 is 0.663. The maximum absolute atomic E-state index is 13.0. The molecule has 0 spiro atoms. The lowest BCUT2D eigenvalue weighted by atomic mass is 10.1. The molecule has 0 amide bonds. The van der Waals surface area contributed by atoms with Crippen LogP contribution in [0.3, 0.4) is 0 Å². The molecule has 26 heavy (non-hydrogen) atoms. The van der Waals surface area contributed by atoms with Crippen LogP contribution in [0.15, 0.2) is 58.1 Å². The Morgan fingerprint density at radius 2 is 1.23 bits per heavy atom. The number of carbonyl (C=O) groups is 2. The number of aromatic nitrogens is 1. The van der Waals surface area contributed by atoms with Crippen molar-refractivity contribution in [3.05, 3.63) is 69.2 Å². The minimum Gasteiger partial charge on any atom is -0.481 e. The van der Waals surface area contributed by atoms with Crippen LogP contribution in [0.4, 0.5) is 0 Å². The summed E-state index contributed by atoms with van der Waals surface area (Å²) in [5.41, 5.74) is -1.50. The first-order chi connectivity index (χ1) is 12.4. The van der Waals surface area contributed by atoms with Gasteiger partial charge in [0, 0.05) is 17.2 Å². The zero-order valence-corrected chi connectivity index (χ0v) is 13.6. The minimum atomic E-state index is -1.56. The fourth-order valence-electron chi connectivity index (χ4n) is 3.07. The SMILES string of the molecule is O=C(O)CCC(C(=O)O)n1c(=O)c2ccccc2c2ccccc2c1=O. The van der Waals surface area contributed by atoms with E-state index in [4.69, 9.17) is 5.11 Å². The molecule has 7 nitrogen and oxygen atoms in total. The van der Waals surface area contributed by atoms with E-state index in [2.05, 4.69) is 0 Å². The van der Waals surface area contributed by atoms with Crippen LogP contribution < -0.4 is 11.1 Å². The number of rotatable bonds is 5. The molecule has 2 aromatic carbocycles. The summed E-state index contributed by atoms with van der Waals surface area (Å²) in [6.45, 7) is 0. The van der Waals surface area contributed by atoms with Crippen LogP contribution in [-0.2, 0) is 9.59 Å². The van der Waals surface area contributed by atoms with E-state index >= 15 is 0 Å². The number of fused-ring (bicyclic) bond motifs is 3. The smallest absolute Gasteiger partial charge is 0.326 e. The summed E-state index contributed by atoms with van der Waals surface area (Å²) in [6, 6.07) is 11.6. The van der Waals surface area contributed by atoms with Crippen LogP contribution in [0.1, 0.15) is 18.9 Å². The van der Waals surface area contributed by atoms with Gasteiger partial charge in [0.2, 0.25) is 0 Å². The molecule has 132 valence electrons. The fourth-order valence-corrected chi connectivity index (χ4v) is 3.07. The van der Waals surface area contributed by atoms with Crippen molar-refractivity contribution in [3.8, 4) is 0 Å². The second kappa shape index (κ2) is 6.79. The predicted molar refractivity (Wildman–Crippen MR) is 95.5 cm³/mol. The van der Waals surface area contributed by atoms with E-state index in [1.54, 1.807) is 36.4 Å². The summed E-state index contributed by atoms with van der Waals surface area (Å²) in [6.07, 6.45) is -0.843. The number of hydrogen-bond donors (Lipinski definition) is 2. The van der Waals surface area contributed by atoms with Gasteiger partial charge in [0.05, 0.1) is 0 Å². The topological polar surface area (TPSA) is 114 Å². The predicted octanol–water partition coefficient (Wildman–Crippen LogP) is 2.01. The number of aliphatic carboxylic acids is 2. The van der Waals surface area contributed by atoms with Crippen molar-refractivity contribution in [2.24, 2.45) is 0 Å². The lowest BCUT2D eigenvalue weighted by Crippen LogP contribution is -2.38. The highest BCUT2D eigenvalue weighted by atomic mass is 16.4. The Kier molecular flexibility index (Phi) is 4.53. The van der Waals surface area contributed by atoms with Crippen LogP contribution in [-0.4, -0.2) is 26.7 Å². The fraction of sp³-hybridized carbons (Fsp3) is 0.158. The highest BCUT2D eigenvalue weighted by Gasteiger charge is 2.25. The van der Waals surface area contributed by atoms with Crippen LogP contribution >= 0.6 is 0 Å². The van der Waals surface area contributed by atoms with Crippen LogP contribution in [0.2, 0.25) is 0 Å². The third kappa shape index (κ3) is 2.95. The standard InChI is InChI=1S/C19H15NO6/c21-16(22)10-9-15(19(25)26)20-17(23)13-7-3-1-5-11(13)12-6-2-4-8-14(12)18(20)24/h1-8,15H,9-10H2,(H,21,22)(H,25,26). The molecule has 1 unspecified atom stereocenters. The van der Waals surface area contributed by atoms with E-state index in [0.29, 0.717) is 15.3 Å². The van der Waals surface area contributed by atoms with E-state index < -0.39 is 35.5 Å². The Hall–Kier alpha value is -3.48. The van der Waals surface area contributed by atoms with Gasteiger partial charge < -0.3 is 10.2 Å². The molecule has 1 atom stereocenters. The monoisotopic (exact) mass is 353 g/mol. The van der Waals surface area contributed by atoms with Gasteiger partial charge in [-0.2, -0.15) is 0 Å². The molecule has 3 aromatic rings. The molecule has 0 aliphatic carbocycles. The Balaban J connectivity index is 2.48. The maximum Gasteiger partial charge on any atom is 0.326 e. The third-order valence-corrected chi connectivity index (χ3v) is 4.27. The van der Waals surface area contributed by atoms with Crippen LogP contribution in [0, 0.1) is 0 Å². The average molecular weight is 353 g/mol. The van der Waals surface area contributed by atoms with Crippen molar-refractivity contribution in [1.82, 2.24) is 4.57 Å². The molecule has 0 saturated carbocycles. The molecule has 1 heterocycles. The molecular weight excluding hydrogens is 338 g/mol. The quantitative estimate of drug-likeness (QED) is 0.725. The van der Waals surface area contributed by atoms with Crippen molar-refractivity contribution in [3.63, 3.8) is 0 Å². The van der Waals surface area contributed by atoms with E-state index in [1.807, 2.05) is 0 Å². The van der Waals surface area contributed by atoms with Crippen molar-refractivity contribution in [2.75, 3.05) is 0 Å². The lowest BCUT2D eigenvalue weighted by molar-refractivity contribution is -0.142. The van der Waals surface area contributed by atoms with Crippen molar-refractivity contribution < 1.29 is 19.8 Å². The summed E-state index contributed by atoms with van der Waals surface area (Å²) in [5.74, 6) is -2.63. The lowest BCUT2D eigenvalue weighted by Gasteiger charge is -2.12.